The highest BCUT2D eigenvalue weighted by atomic mass is 31.2. The Morgan fingerprint density at radius 2 is 2.05 bits per heavy atom. The van der Waals surface area contributed by atoms with E-state index in [1.54, 1.807) is 6.92 Å². The number of hydrogen-bond acceptors (Lipinski definition) is 4. The van der Waals surface area contributed by atoms with Gasteiger partial charge in [0.15, 0.2) is 0 Å². The average Bonchev–Trinajstić information content (AvgIpc) is 2.40. The maximum Gasteiger partial charge on any atom is 0.350 e. The van der Waals surface area contributed by atoms with Crippen molar-refractivity contribution >= 4 is 7.60 Å². The summed E-state index contributed by atoms with van der Waals surface area (Å²) in [6.45, 7) is 1.60. The standard InChI is InChI=1S/C12H19N2O6P/c1-8-6-14(12(16)13-11(8)15)9-4-2-3-5-10(9)20-7-21(17,18)19/h6,9-10H,2-5,7H2,1H3,(H,13,15,16)(H2,17,18,19)/t9-,10-/m1/s1. The molecule has 0 amide bonds. The molecule has 118 valence electrons. The van der Waals surface area contributed by atoms with Crippen molar-refractivity contribution < 1.29 is 19.1 Å². The normalized spacial score (nSPS) is 23.2. The molecule has 1 aromatic rings. The van der Waals surface area contributed by atoms with E-state index in [0.717, 1.165) is 12.8 Å². The number of ether oxygens (including phenoxy) is 1. The van der Waals surface area contributed by atoms with Crippen molar-refractivity contribution in [1.82, 2.24) is 9.55 Å². The summed E-state index contributed by atoms with van der Waals surface area (Å²) in [6.07, 6.45) is 3.42. The van der Waals surface area contributed by atoms with E-state index >= 15 is 0 Å². The van der Waals surface area contributed by atoms with E-state index in [-0.39, 0.29) is 6.04 Å². The summed E-state index contributed by atoms with van der Waals surface area (Å²) in [5, 5.41) is 0. The van der Waals surface area contributed by atoms with Gasteiger partial charge in [-0.3, -0.25) is 18.9 Å². The molecule has 1 saturated carbocycles. The maximum absolute atomic E-state index is 11.9. The van der Waals surface area contributed by atoms with Crippen LogP contribution in [-0.2, 0) is 9.30 Å². The molecule has 3 N–H and O–H groups in total. The molecular formula is C12H19N2O6P. The first-order valence-corrected chi connectivity index (χ1v) is 8.56. The molecule has 0 radical (unpaired) electrons. The first-order chi connectivity index (χ1) is 9.78. The summed E-state index contributed by atoms with van der Waals surface area (Å²) in [7, 11) is -4.25. The Labute approximate surface area is 120 Å². The van der Waals surface area contributed by atoms with Gasteiger partial charge < -0.3 is 14.5 Å². The van der Waals surface area contributed by atoms with E-state index in [1.165, 1.54) is 10.8 Å². The van der Waals surface area contributed by atoms with Gasteiger partial charge in [0.05, 0.1) is 12.1 Å². The van der Waals surface area contributed by atoms with E-state index in [1.807, 2.05) is 0 Å². The summed E-state index contributed by atoms with van der Waals surface area (Å²) < 4.78 is 17.7. The molecule has 0 spiro atoms. The molecule has 2 rings (SSSR count). The number of nitrogens with one attached hydrogen (secondary N) is 1. The number of aromatic nitrogens is 2. The van der Waals surface area contributed by atoms with Crippen molar-refractivity contribution in [2.24, 2.45) is 0 Å². The lowest BCUT2D eigenvalue weighted by Crippen LogP contribution is -2.40. The maximum atomic E-state index is 11.9. The van der Waals surface area contributed by atoms with Gasteiger partial charge in [-0.25, -0.2) is 4.79 Å². The molecule has 8 nitrogen and oxygen atoms in total. The molecule has 1 aliphatic rings. The van der Waals surface area contributed by atoms with E-state index in [2.05, 4.69) is 4.98 Å². The highest BCUT2D eigenvalue weighted by molar-refractivity contribution is 7.51. The van der Waals surface area contributed by atoms with Crippen LogP contribution < -0.4 is 11.2 Å². The van der Waals surface area contributed by atoms with Crippen molar-refractivity contribution in [1.29, 1.82) is 0 Å². The molecule has 0 saturated heterocycles. The van der Waals surface area contributed by atoms with Crippen LogP contribution in [0.15, 0.2) is 15.8 Å². The molecule has 21 heavy (non-hydrogen) atoms. The molecule has 1 aliphatic carbocycles. The van der Waals surface area contributed by atoms with E-state index in [4.69, 9.17) is 14.5 Å². The van der Waals surface area contributed by atoms with Crippen LogP contribution >= 0.6 is 7.60 Å². The van der Waals surface area contributed by atoms with Crippen LogP contribution in [0.4, 0.5) is 0 Å². The number of nitrogens with zero attached hydrogens (tertiary/aromatic N) is 1. The number of rotatable bonds is 4. The van der Waals surface area contributed by atoms with Gasteiger partial charge in [0, 0.05) is 11.8 Å². The first kappa shape index (κ1) is 16.2. The monoisotopic (exact) mass is 318 g/mol. The minimum Gasteiger partial charge on any atom is -0.363 e. The highest BCUT2D eigenvalue weighted by Gasteiger charge is 2.30. The fraction of sp³-hybridized carbons (Fsp3) is 0.667. The summed E-state index contributed by atoms with van der Waals surface area (Å²) in [6, 6.07) is -0.326. The van der Waals surface area contributed by atoms with Crippen LogP contribution in [0.25, 0.3) is 0 Å². The quantitative estimate of drug-likeness (QED) is 0.694. The minimum atomic E-state index is -4.25. The number of H-pyrrole nitrogens is 1. The number of hydrogen-bond donors (Lipinski definition) is 3. The minimum absolute atomic E-state index is 0.326. The summed E-state index contributed by atoms with van der Waals surface area (Å²) in [5.41, 5.74) is -0.545. The summed E-state index contributed by atoms with van der Waals surface area (Å²) in [5.74, 6) is 0. The van der Waals surface area contributed by atoms with Crippen LogP contribution in [0.1, 0.15) is 37.3 Å². The van der Waals surface area contributed by atoms with Crippen LogP contribution in [0.2, 0.25) is 0 Å². The zero-order valence-corrected chi connectivity index (χ0v) is 12.6. The fourth-order valence-electron chi connectivity index (χ4n) is 2.62. The third-order valence-electron chi connectivity index (χ3n) is 3.63. The van der Waals surface area contributed by atoms with Crippen molar-refractivity contribution in [3.05, 3.63) is 32.6 Å². The second-order valence-corrected chi connectivity index (χ2v) is 6.92. The molecule has 1 fully saturated rings. The zero-order valence-electron chi connectivity index (χ0n) is 11.7. The number of aryl methyl sites for hydroxylation is 1. The van der Waals surface area contributed by atoms with Gasteiger partial charge in [-0.2, -0.15) is 0 Å². The van der Waals surface area contributed by atoms with Gasteiger partial charge in [0.1, 0.15) is 6.35 Å². The van der Waals surface area contributed by atoms with Crippen molar-refractivity contribution in [2.45, 2.75) is 44.8 Å². The van der Waals surface area contributed by atoms with Crippen LogP contribution in [0.3, 0.4) is 0 Å². The van der Waals surface area contributed by atoms with E-state index < -0.39 is 31.3 Å². The zero-order chi connectivity index (χ0) is 15.6. The Morgan fingerprint density at radius 3 is 2.71 bits per heavy atom. The Kier molecular flexibility index (Phi) is 4.83. The van der Waals surface area contributed by atoms with Crippen LogP contribution in [0.5, 0.6) is 0 Å². The van der Waals surface area contributed by atoms with Crippen molar-refractivity contribution in [3.8, 4) is 0 Å². The lowest BCUT2D eigenvalue weighted by molar-refractivity contribution is 0.00942. The molecule has 0 bridgehead atoms. The van der Waals surface area contributed by atoms with Gasteiger partial charge in [-0.15, -0.1) is 0 Å². The summed E-state index contributed by atoms with van der Waals surface area (Å²) in [4.78, 5) is 43.4. The van der Waals surface area contributed by atoms with E-state index in [0.29, 0.717) is 18.4 Å². The topological polar surface area (TPSA) is 122 Å². The molecule has 0 aliphatic heterocycles. The smallest absolute Gasteiger partial charge is 0.350 e. The lowest BCUT2D eigenvalue weighted by atomic mass is 9.92. The first-order valence-electron chi connectivity index (χ1n) is 6.76. The Balaban J connectivity index is 2.26. The van der Waals surface area contributed by atoms with Gasteiger partial charge in [0.25, 0.3) is 5.56 Å². The molecule has 0 aromatic carbocycles. The largest absolute Gasteiger partial charge is 0.363 e. The number of aromatic amines is 1. The van der Waals surface area contributed by atoms with Crippen molar-refractivity contribution in [3.63, 3.8) is 0 Å². The second kappa shape index (κ2) is 6.27. The lowest BCUT2D eigenvalue weighted by Gasteiger charge is -2.32. The predicted molar refractivity (Wildman–Crippen MR) is 75.3 cm³/mol. The average molecular weight is 318 g/mol. The molecule has 2 atom stereocenters. The van der Waals surface area contributed by atoms with Crippen LogP contribution in [-0.4, -0.2) is 31.8 Å². The van der Waals surface area contributed by atoms with Crippen molar-refractivity contribution in [2.75, 3.05) is 6.35 Å². The fourth-order valence-corrected chi connectivity index (χ4v) is 3.00. The molecule has 0 unspecified atom stereocenters. The van der Waals surface area contributed by atoms with Gasteiger partial charge in [0.2, 0.25) is 0 Å². The van der Waals surface area contributed by atoms with E-state index in [9.17, 15) is 14.2 Å². The van der Waals surface area contributed by atoms with Gasteiger partial charge >= 0.3 is 13.3 Å². The molecule has 1 heterocycles. The predicted octanol–water partition coefficient (Wildman–Crippen LogP) is 0.481. The Morgan fingerprint density at radius 1 is 1.38 bits per heavy atom. The highest BCUT2D eigenvalue weighted by Crippen LogP contribution is 2.37. The SMILES string of the molecule is Cc1cn([C@@H]2CCCC[C@H]2OCP(=O)(O)O)c(=O)[nH]c1=O. The summed E-state index contributed by atoms with van der Waals surface area (Å²) >= 11 is 0. The third kappa shape index (κ3) is 4.14. The Hall–Kier alpha value is -1.21. The molecule has 1 aromatic heterocycles. The van der Waals surface area contributed by atoms with Crippen LogP contribution in [0, 0.1) is 6.92 Å². The third-order valence-corrected chi connectivity index (χ3v) is 4.11. The Bertz CT molecular complexity index is 660. The second-order valence-electron chi connectivity index (χ2n) is 5.33. The molecule has 9 heteroatoms. The van der Waals surface area contributed by atoms with Gasteiger partial charge in [-0.05, 0) is 19.8 Å². The van der Waals surface area contributed by atoms with Gasteiger partial charge in [-0.1, -0.05) is 12.8 Å². The molecular weight excluding hydrogens is 299 g/mol.